The predicted molar refractivity (Wildman–Crippen MR) is 204 cm³/mol. The monoisotopic (exact) mass is 613 g/mol. The van der Waals surface area contributed by atoms with Gasteiger partial charge in [-0.05, 0) is 123 Å². The summed E-state index contributed by atoms with van der Waals surface area (Å²) in [5.41, 5.74) is 16.7. The van der Waals surface area contributed by atoms with Gasteiger partial charge in [-0.25, -0.2) is 0 Å². The number of fused-ring (bicyclic) bond motifs is 4. The van der Waals surface area contributed by atoms with Crippen LogP contribution < -0.4 is 4.90 Å². The number of nitrogens with zero attached hydrogens (tertiary/aromatic N) is 1. The van der Waals surface area contributed by atoms with Gasteiger partial charge in [0.2, 0.25) is 0 Å². The first-order valence-electron chi connectivity index (χ1n) is 16.9. The van der Waals surface area contributed by atoms with E-state index in [2.05, 4.69) is 181 Å². The Morgan fingerprint density at radius 3 is 1.50 bits per heavy atom. The largest absolute Gasteiger partial charge is 0.311 e. The van der Waals surface area contributed by atoms with Crippen LogP contribution in [0.1, 0.15) is 24.0 Å². The van der Waals surface area contributed by atoms with Crippen LogP contribution in [0.5, 0.6) is 0 Å². The maximum Gasteiger partial charge on any atom is 0.0462 e. The molecule has 7 aromatic carbocycles. The molecular formula is C47H35N. The standard InChI is InChI=1S/C47H35N/c1-3-9-33(10-4-1)35-15-23-41(24-16-35)48(42-25-17-36(18-26-42)34-11-5-2-6-12-34)43-27-19-37(20-28-43)38-21-29-45-40(31-38)22-30-46-44-14-8-7-13-39(44)32-47(45)46/h1-6,8-12,14-31H,7,13,32H2. The topological polar surface area (TPSA) is 3.24 Å². The molecule has 0 radical (unpaired) electrons. The molecule has 0 N–H and O–H groups in total. The lowest BCUT2D eigenvalue weighted by molar-refractivity contribution is 0.937. The molecule has 0 aromatic heterocycles. The molecule has 0 unspecified atom stereocenters. The van der Waals surface area contributed by atoms with Crippen molar-refractivity contribution < 1.29 is 0 Å². The van der Waals surface area contributed by atoms with Crippen LogP contribution in [0.4, 0.5) is 17.1 Å². The number of hydrogen-bond donors (Lipinski definition) is 0. The van der Waals surface area contributed by atoms with Gasteiger partial charge in [0.25, 0.3) is 0 Å². The van der Waals surface area contributed by atoms with Gasteiger partial charge >= 0.3 is 0 Å². The van der Waals surface area contributed by atoms with Crippen molar-refractivity contribution in [1.29, 1.82) is 0 Å². The van der Waals surface area contributed by atoms with Crippen LogP contribution in [-0.2, 0) is 6.42 Å². The molecule has 1 nitrogen and oxygen atoms in total. The number of anilines is 3. The minimum atomic E-state index is 1.09. The maximum absolute atomic E-state index is 2.36. The van der Waals surface area contributed by atoms with Crippen LogP contribution in [0.25, 0.3) is 49.7 Å². The molecule has 0 amide bonds. The first kappa shape index (κ1) is 28.3. The molecule has 0 atom stereocenters. The second-order valence-electron chi connectivity index (χ2n) is 12.9. The summed E-state index contributed by atoms with van der Waals surface area (Å²) in [7, 11) is 0. The Labute approximate surface area is 282 Å². The average molecular weight is 614 g/mol. The van der Waals surface area contributed by atoms with Crippen molar-refractivity contribution in [1.82, 2.24) is 0 Å². The van der Waals surface area contributed by atoms with Crippen molar-refractivity contribution in [2.75, 3.05) is 4.90 Å². The summed E-state index contributed by atoms with van der Waals surface area (Å²) in [5.74, 6) is 0. The van der Waals surface area contributed by atoms with Crippen molar-refractivity contribution in [3.63, 3.8) is 0 Å². The summed E-state index contributed by atoms with van der Waals surface area (Å²) in [6, 6.07) is 59.6. The second-order valence-corrected chi connectivity index (χ2v) is 12.9. The van der Waals surface area contributed by atoms with Gasteiger partial charge in [0.1, 0.15) is 0 Å². The lowest BCUT2D eigenvalue weighted by Gasteiger charge is -2.26. The molecular weight excluding hydrogens is 579 g/mol. The fourth-order valence-electron chi connectivity index (χ4n) is 7.52. The zero-order valence-corrected chi connectivity index (χ0v) is 26.8. The fourth-order valence-corrected chi connectivity index (χ4v) is 7.52. The highest BCUT2D eigenvalue weighted by molar-refractivity contribution is 5.97. The van der Waals surface area contributed by atoms with E-state index in [1.807, 2.05) is 0 Å². The number of rotatable bonds is 6. The molecule has 2 aliphatic carbocycles. The molecule has 228 valence electrons. The van der Waals surface area contributed by atoms with Gasteiger partial charge < -0.3 is 4.90 Å². The van der Waals surface area contributed by atoms with Gasteiger partial charge in [-0.1, -0.05) is 139 Å². The normalized spacial score (nSPS) is 13.4. The van der Waals surface area contributed by atoms with Gasteiger partial charge in [0, 0.05) is 17.1 Å². The molecule has 2 aliphatic rings. The highest BCUT2D eigenvalue weighted by atomic mass is 15.1. The van der Waals surface area contributed by atoms with Crippen molar-refractivity contribution in [2.24, 2.45) is 0 Å². The quantitative estimate of drug-likeness (QED) is 0.180. The van der Waals surface area contributed by atoms with Crippen molar-refractivity contribution in [3.05, 3.63) is 193 Å². The molecule has 0 saturated heterocycles. The Bertz CT molecular complexity index is 2230. The van der Waals surface area contributed by atoms with Gasteiger partial charge in [0.15, 0.2) is 0 Å². The van der Waals surface area contributed by atoms with E-state index < -0.39 is 0 Å². The summed E-state index contributed by atoms with van der Waals surface area (Å²) >= 11 is 0. The third-order valence-electron chi connectivity index (χ3n) is 10.0. The summed E-state index contributed by atoms with van der Waals surface area (Å²) < 4.78 is 0. The van der Waals surface area contributed by atoms with E-state index >= 15 is 0 Å². The second kappa shape index (κ2) is 12.0. The van der Waals surface area contributed by atoms with Gasteiger partial charge in [-0.2, -0.15) is 0 Å². The molecule has 0 aliphatic heterocycles. The Balaban J connectivity index is 1.06. The van der Waals surface area contributed by atoms with Crippen LogP contribution in [-0.4, -0.2) is 0 Å². The lowest BCUT2D eigenvalue weighted by Crippen LogP contribution is -2.09. The van der Waals surface area contributed by atoms with Crippen molar-refractivity contribution in [2.45, 2.75) is 19.3 Å². The summed E-state index contributed by atoms with van der Waals surface area (Å²) in [5, 5.41) is 2.71. The van der Waals surface area contributed by atoms with Crippen molar-refractivity contribution in [3.8, 4) is 33.4 Å². The first-order chi connectivity index (χ1) is 23.8. The highest BCUT2D eigenvalue weighted by Crippen LogP contribution is 2.43. The van der Waals surface area contributed by atoms with Crippen LogP contribution >= 0.6 is 0 Å². The number of benzene rings is 7. The lowest BCUT2D eigenvalue weighted by atomic mass is 9.95. The Morgan fingerprint density at radius 1 is 0.438 bits per heavy atom. The molecule has 0 saturated carbocycles. The molecule has 0 heterocycles. The summed E-state index contributed by atoms with van der Waals surface area (Å²) in [6.45, 7) is 0. The highest BCUT2D eigenvalue weighted by Gasteiger charge is 2.23. The van der Waals surface area contributed by atoms with Gasteiger partial charge in [-0.3, -0.25) is 0 Å². The van der Waals surface area contributed by atoms with Gasteiger partial charge in [-0.15, -0.1) is 0 Å². The zero-order valence-electron chi connectivity index (χ0n) is 26.8. The van der Waals surface area contributed by atoms with Gasteiger partial charge in [0.05, 0.1) is 0 Å². The van der Waals surface area contributed by atoms with E-state index in [0.29, 0.717) is 0 Å². The van der Waals surface area contributed by atoms with Crippen LogP contribution in [0.3, 0.4) is 0 Å². The Kier molecular flexibility index (Phi) is 7.09. The molecule has 0 spiro atoms. The van der Waals surface area contributed by atoms with Crippen LogP contribution in [0.2, 0.25) is 0 Å². The third-order valence-corrected chi connectivity index (χ3v) is 10.0. The van der Waals surface area contributed by atoms with E-state index in [9.17, 15) is 0 Å². The maximum atomic E-state index is 2.36. The van der Waals surface area contributed by atoms with E-state index in [4.69, 9.17) is 0 Å². The zero-order chi connectivity index (χ0) is 31.9. The molecule has 48 heavy (non-hydrogen) atoms. The minimum absolute atomic E-state index is 1.09. The van der Waals surface area contributed by atoms with Crippen molar-refractivity contribution >= 4 is 33.4 Å². The van der Waals surface area contributed by atoms with Crippen LogP contribution in [0, 0.1) is 0 Å². The molecule has 0 bridgehead atoms. The molecule has 0 fully saturated rings. The van der Waals surface area contributed by atoms with E-state index in [-0.39, 0.29) is 0 Å². The average Bonchev–Trinajstić information content (AvgIpc) is 3.56. The van der Waals surface area contributed by atoms with E-state index in [1.165, 1.54) is 73.7 Å². The molecule has 7 aromatic rings. The Morgan fingerprint density at radius 2 is 0.938 bits per heavy atom. The van der Waals surface area contributed by atoms with E-state index in [1.54, 1.807) is 5.57 Å². The molecule has 1 heteroatoms. The SMILES string of the molecule is C1=CC2=C(CC1)Cc1c2ccc2cc(-c3ccc(N(c4ccc(-c5ccccc5)cc4)c4ccc(-c5ccccc5)cc4)cc3)ccc12. The summed E-state index contributed by atoms with van der Waals surface area (Å²) in [6.07, 6.45) is 8.11. The predicted octanol–water partition coefficient (Wildman–Crippen LogP) is 13.0. The third kappa shape index (κ3) is 5.14. The van der Waals surface area contributed by atoms with E-state index in [0.717, 1.165) is 23.5 Å². The minimum Gasteiger partial charge on any atom is -0.311 e. The number of hydrogen-bond acceptors (Lipinski definition) is 1. The first-order valence-corrected chi connectivity index (χ1v) is 16.9. The fraction of sp³-hybridized carbons (Fsp3) is 0.0638. The summed E-state index contributed by atoms with van der Waals surface area (Å²) in [4.78, 5) is 2.35. The number of allylic oxidation sites excluding steroid dienone is 4. The van der Waals surface area contributed by atoms with Crippen LogP contribution in [0.15, 0.2) is 182 Å². The molecule has 9 rings (SSSR count). The Hall–Kier alpha value is -5.92. The smallest absolute Gasteiger partial charge is 0.0462 e.